The molecule has 0 aliphatic carbocycles. The van der Waals surface area contributed by atoms with Crippen LogP contribution in [0.25, 0.3) is 0 Å². The molecule has 2 heterocycles. The van der Waals surface area contributed by atoms with Gasteiger partial charge in [0.1, 0.15) is 18.1 Å². The van der Waals surface area contributed by atoms with E-state index in [0.717, 1.165) is 0 Å². The summed E-state index contributed by atoms with van der Waals surface area (Å²) in [5.74, 6) is -2.62. The average molecular weight is 394 g/mol. The van der Waals surface area contributed by atoms with Crippen molar-refractivity contribution >= 4 is 23.7 Å². The van der Waals surface area contributed by atoms with Gasteiger partial charge in [0.15, 0.2) is 0 Å². The largest absolute Gasteiger partial charge is 0.480 e. The van der Waals surface area contributed by atoms with Crippen LogP contribution in [-0.2, 0) is 25.6 Å². The molecule has 2 rings (SSSR count). The van der Waals surface area contributed by atoms with Crippen molar-refractivity contribution in [1.82, 2.24) is 25.5 Å². The Morgan fingerprint density at radius 1 is 1.36 bits per heavy atom. The van der Waals surface area contributed by atoms with Gasteiger partial charge in [0.05, 0.1) is 12.4 Å². The van der Waals surface area contributed by atoms with Gasteiger partial charge in [-0.2, -0.15) is 0 Å². The number of amides is 3. The second-order valence-electron chi connectivity index (χ2n) is 6.89. The van der Waals surface area contributed by atoms with Gasteiger partial charge in [-0.3, -0.25) is 14.4 Å². The third kappa shape index (κ3) is 5.28. The first kappa shape index (κ1) is 21.4. The van der Waals surface area contributed by atoms with Crippen LogP contribution < -0.4 is 16.4 Å². The number of carboxylic acid groups (broad SMARTS) is 1. The van der Waals surface area contributed by atoms with E-state index in [0.29, 0.717) is 25.1 Å². The quantitative estimate of drug-likeness (QED) is 0.352. The van der Waals surface area contributed by atoms with Gasteiger partial charge in [-0.05, 0) is 26.7 Å². The molecule has 0 aromatic carbocycles. The minimum Gasteiger partial charge on any atom is -0.480 e. The summed E-state index contributed by atoms with van der Waals surface area (Å²) in [6, 6.07) is -3.54. The second-order valence-corrected chi connectivity index (χ2v) is 6.89. The number of nitrogens with zero attached hydrogens (tertiary/aromatic N) is 2. The van der Waals surface area contributed by atoms with Gasteiger partial charge in [-0.1, -0.05) is 0 Å². The van der Waals surface area contributed by atoms with E-state index in [1.807, 2.05) is 0 Å². The molecule has 1 aromatic heterocycles. The highest BCUT2D eigenvalue weighted by molar-refractivity contribution is 5.94. The number of hydrogen-bond acceptors (Lipinski definition) is 6. The number of carbonyl (C=O) groups excluding carboxylic acids is 3. The molecule has 4 atom stereocenters. The Morgan fingerprint density at radius 2 is 2.07 bits per heavy atom. The molecule has 1 aliphatic heterocycles. The van der Waals surface area contributed by atoms with Gasteiger partial charge in [-0.15, -0.1) is 0 Å². The molecule has 11 nitrogen and oxygen atoms in total. The number of H-pyrrole nitrogens is 1. The van der Waals surface area contributed by atoms with Crippen molar-refractivity contribution in [3.05, 3.63) is 18.2 Å². The number of rotatable bonds is 8. The molecule has 11 heteroatoms. The van der Waals surface area contributed by atoms with E-state index in [1.165, 1.54) is 24.3 Å². The van der Waals surface area contributed by atoms with Gasteiger partial charge in [0.2, 0.25) is 17.7 Å². The lowest BCUT2D eigenvalue weighted by atomic mass is 10.1. The summed E-state index contributed by atoms with van der Waals surface area (Å²) in [4.78, 5) is 56.4. The Hall–Kier alpha value is -2.95. The number of nitrogens with one attached hydrogen (secondary N) is 3. The Balaban J connectivity index is 1.94. The summed E-state index contributed by atoms with van der Waals surface area (Å²) in [6.07, 6.45) is 4.06. The first-order valence-electron chi connectivity index (χ1n) is 9.07. The number of imidazole rings is 1. The third-order valence-corrected chi connectivity index (χ3v) is 4.57. The van der Waals surface area contributed by atoms with Crippen LogP contribution in [0.2, 0.25) is 0 Å². The molecule has 154 valence electrons. The molecule has 0 spiro atoms. The number of carbonyl (C=O) groups is 4. The molecule has 0 saturated carbocycles. The maximum absolute atomic E-state index is 12.5. The molecule has 1 fully saturated rings. The number of carboxylic acids is 1. The molecule has 6 N–H and O–H groups in total. The highest BCUT2D eigenvalue weighted by Gasteiger charge is 2.36. The smallest absolute Gasteiger partial charge is 0.326 e. The number of aromatic amines is 1. The Bertz CT molecular complexity index is 720. The first-order valence-corrected chi connectivity index (χ1v) is 9.07. The fraction of sp³-hybridized carbons (Fsp3) is 0.588. The van der Waals surface area contributed by atoms with Gasteiger partial charge < -0.3 is 31.4 Å². The fourth-order valence-corrected chi connectivity index (χ4v) is 3.05. The van der Waals surface area contributed by atoms with Crippen molar-refractivity contribution < 1.29 is 24.3 Å². The fourth-order valence-electron chi connectivity index (χ4n) is 3.05. The zero-order valence-electron chi connectivity index (χ0n) is 15.8. The number of hydrogen-bond donors (Lipinski definition) is 5. The van der Waals surface area contributed by atoms with E-state index >= 15 is 0 Å². The van der Waals surface area contributed by atoms with Crippen molar-refractivity contribution in [3.63, 3.8) is 0 Å². The van der Waals surface area contributed by atoms with Crippen molar-refractivity contribution in [2.75, 3.05) is 6.54 Å². The van der Waals surface area contributed by atoms with Crippen molar-refractivity contribution in [2.45, 2.75) is 57.3 Å². The Kier molecular flexibility index (Phi) is 7.10. The average Bonchev–Trinajstić information content (AvgIpc) is 3.31. The monoisotopic (exact) mass is 394 g/mol. The van der Waals surface area contributed by atoms with E-state index in [9.17, 15) is 24.3 Å². The van der Waals surface area contributed by atoms with Crippen LogP contribution >= 0.6 is 0 Å². The van der Waals surface area contributed by atoms with E-state index < -0.39 is 42.0 Å². The van der Waals surface area contributed by atoms with Gasteiger partial charge in [0.25, 0.3) is 0 Å². The lowest BCUT2D eigenvalue weighted by molar-refractivity contribution is -0.142. The number of aliphatic carboxylic acids is 1. The molecule has 1 aromatic rings. The normalized spacial score (nSPS) is 19.5. The molecule has 1 saturated heterocycles. The first-order chi connectivity index (χ1) is 13.2. The van der Waals surface area contributed by atoms with E-state index in [2.05, 4.69) is 20.6 Å². The third-order valence-electron chi connectivity index (χ3n) is 4.57. The molecule has 1 aliphatic rings. The zero-order valence-corrected chi connectivity index (χ0v) is 15.8. The summed E-state index contributed by atoms with van der Waals surface area (Å²) in [6.45, 7) is 3.44. The summed E-state index contributed by atoms with van der Waals surface area (Å²) in [5, 5.41) is 14.3. The summed E-state index contributed by atoms with van der Waals surface area (Å²) < 4.78 is 0. The van der Waals surface area contributed by atoms with Crippen LogP contribution in [0.15, 0.2) is 12.5 Å². The van der Waals surface area contributed by atoms with E-state index in [4.69, 9.17) is 5.73 Å². The Labute approximate surface area is 162 Å². The van der Waals surface area contributed by atoms with Crippen molar-refractivity contribution in [2.24, 2.45) is 5.73 Å². The highest BCUT2D eigenvalue weighted by atomic mass is 16.4. The lowest BCUT2D eigenvalue weighted by Crippen LogP contribution is -2.55. The summed E-state index contributed by atoms with van der Waals surface area (Å²) in [5.41, 5.74) is 6.17. The number of nitrogens with two attached hydrogens (primary N) is 1. The molecule has 0 radical (unpaired) electrons. The molecule has 4 unspecified atom stereocenters. The molecular weight excluding hydrogens is 368 g/mol. The summed E-state index contributed by atoms with van der Waals surface area (Å²) >= 11 is 0. The minimum atomic E-state index is -1.20. The van der Waals surface area contributed by atoms with Crippen LogP contribution in [0, 0.1) is 0 Å². The summed E-state index contributed by atoms with van der Waals surface area (Å²) in [7, 11) is 0. The standard InChI is InChI=1S/C17H26N6O5/c1-9(18)16(26)23-5-3-4-13(23)15(25)21-10(2)14(24)22-12(17(27)28)6-11-7-19-8-20-11/h7-10,12-13H,3-6,18H2,1-2H3,(H,19,20)(H,21,25)(H,22,24)(H,27,28). The van der Waals surface area contributed by atoms with E-state index in [1.54, 1.807) is 6.92 Å². The number of aromatic nitrogens is 2. The number of likely N-dealkylation sites (tertiary alicyclic amines) is 1. The van der Waals surface area contributed by atoms with Crippen LogP contribution in [0.1, 0.15) is 32.4 Å². The lowest BCUT2D eigenvalue weighted by Gasteiger charge is -2.27. The molecule has 0 bridgehead atoms. The van der Waals surface area contributed by atoms with Gasteiger partial charge in [-0.25, -0.2) is 9.78 Å². The van der Waals surface area contributed by atoms with E-state index in [-0.39, 0.29) is 12.3 Å². The topological polar surface area (TPSA) is 171 Å². The zero-order chi connectivity index (χ0) is 20.8. The van der Waals surface area contributed by atoms with Crippen LogP contribution in [0.4, 0.5) is 0 Å². The van der Waals surface area contributed by atoms with Gasteiger partial charge in [0, 0.05) is 24.9 Å². The minimum absolute atomic E-state index is 0.0288. The van der Waals surface area contributed by atoms with Crippen molar-refractivity contribution in [1.29, 1.82) is 0 Å². The molecule has 3 amide bonds. The van der Waals surface area contributed by atoms with Crippen LogP contribution in [0.3, 0.4) is 0 Å². The maximum Gasteiger partial charge on any atom is 0.326 e. The van der Waals surface area contributed by atoms with Crippen molar-refractivity contribution in [3.8, 4) is 0 Å². The predicted octanol–water partition coefficient (Wildman–Crippen LogP) is -1.64. The van der Waals surface area contributed by atoms with Gasteiger partial charge >= 0.3 is 5.97 Å². The Morgan fingerprint density at radius 3 is 2.64 bits per heavy atom. The van der Waals surface area contributed by atoms with Crippen LogP contribution in [-0.4, -0.2) is 74.4 Å². The highest BCUT2D eigenvalue weighted by Crippen LogP contribution is 2.18. The predicted molar refractivity (Wildman–Crippen MR) is 97.8 cm³/mol. The molecular formula is C17H26N6O5. The maximum atomic E-state index is 12.5. The van der Waals surface area contributed by atoms with Crippen LogP contribution in [0.5, 0.6) is 0 Å². The second kappa shape index (κ2) is 9.31. The SMILES string of the molecule is CC(N)C(=O)N1CCCC1C(=O)NC(C)C(=O)NC(Cc1cnc[nH]1)C(=O)O. The molecule has 28 heavy (non-hydrogen) atoms.